The molecular weight excluding hydrogens is 204 g/mol. The van der Waals surface area contributed by atoms with Crippen molar-refractivity contribution in [3.8, 4) is 11.4 Å². The van der Waals surface area contributed by atoms with Crippen molar-refractivity contribution >= 4 is 0 Å². The van der Waals surface area contributed by atoms with Gasteiger partial charge in [-0.2, -0.15) is 0 Å². The number of nitrogens with zero attached hydrogens (tertiary/aromatic N) is 1. The molecule has 1 aromatic carbocycles. The average Bonchev–Trinajstić information content (AvgIpc) is 2.70. The smallest absolute Gasteiger partial charge is 0.330 e. The van der Waals surface area contributed by atoms with E-state index in [0.29, 0.717) is 0 Å². The summed E-state index contributed by atoms with van der Waals surface area (Å²) in [4.78, 5) is 14.4. The first-order valence-electron chi connectivity index (χ1n) is 5.20. The maximum atomic E-state index is 11.7. The summed E-state index contributed by atoms with van der Waals surface area (Å²) in [6.07, 6.45) is 2.54. The number of nitrogens with one attached hydrogen (secondary N) is 1. The van der Waals surface area contributed by atoms with Crippen LogP contribution in [0.5, 0.6) is 5.75 Å². The molecule has 0 aliphatic rings. The van der Waals surface area contributed by atoms with E-state index in [4.69, 9.17) is 4.74 Å². The van der Waals surface area contributed by atoms with E-state index in [1.807, 2.05) is 31.2 Å². The second kappa shape index (κ2) is 4.26. The lowest BCUT2D eigenvalue weighted by atomic mass is 10.2. The zero-order chi connectivity index (χ0) is 11.5. The molecule has 16 heavy (non-hydrogen) atoms. The molecule has 0 spiro atoms. The monoisotopic (exact) mass is 218 g/mol. The van der Waals surface area contributed by atoms with Crippen molar-refractivity contribution in [2.75, 3.05) is 7.11 Å². The van der Waals surface area contributed by atoms with Crippen molar-refractivity contribution in [3.63, 3.8) is 0 Å². The Morgan fingerprint density at radius 1 is 1.44 bits per heavy atom. The Kier molecular flexibility index (Phi) is 2.81. The van der Waals surface area contributed by atoms with Crippen LogP contribution in [0.25, 0.3) is 5.69 Å². The third-order valence-corrected chi connectivity index (χ3v) is 2.53. The number of aromatic nitrogens is 2. The van der Waals surface area contributed by atoms with Crippen molar-refractivity contribution in [2.45, 2.75) is 13.3 Å². The van der Waals surface area contributed by atoms with Gasteiger partial charge < -0.3 is 9.72 Å². The number of rotatable bonds is 3. The van der Waals surface area contributed by atoms with E-state index >= 15 is 0 Å². The molecule has 0 radical (unpaired) electrons. The Bertz CT molecular complexity index is 540. The number of hydrogen-bond donors (Lipinski definition) is 1. The van der Waals surface area contributed by atoms with Crippen molar-refractivity contribution in [1.82, 2.24) is 9.55 Å². The second-order valence-corrected chi connectivity index (χ2v) is 3.48. The molecule has 0 unspecified atom stereocenters. The molecule has 84 valence electrons. The van der Waals surface area contributed by atoms with Crippen LogP contribution < -0.4 is 10.4 Å². The number of hydrogen-bond acceptors (Lipinski definition) is 2. The van der Waals surface area contributed by atoms with E-state index in [-0.39, 0.29) is 5.69 Å². The zero-order valence-electron chi connectivity index (χ0n) is 9.36. The predicted octanol–water partition coefficient (Wildman–Crippen LogP) is 1.74. The SMILES string of the molecule is CCc1c[nH]c(=O)n1-c1cccc(OC)c1. The molecule has 2 rings (SSSR count). The summed E-state index contributed by atoms with van der Waals surface area (Å²) in [7, 11) is 1.61. The number of H-pyrrole nitrogens is 1. The molecule has 0 saturated carbocycles. The number of methoxy groups -OCH3 is 1. The molecule has 0 fully saturated rings. The van der Waals surface area contributed by atoms with Crippen molar-refractivity contribution in [2.24, 2.45) is 0 Å². The Morgan fingerprint density at radius 2 is 2.25 bits per heavy atom. The topological polar surface area (TPSA) is 47.0 Å². The van der Waals surface area contributed by atoms with Gasteiger partial charge in [0.1, 0.15) is 5.75 Å². The Morgan fingerprint density at radius 3 is 2.94 bits per heavy atom. The molecular formula is C12H14N2O2. The number of ether oxygens (including phenoxy) is 1. The number of benzene rings is 1. The van der Waals surface area contributed by atoms with Crippen molar-refractivity contribution < 1.29 is 4.74 Å². The second-order valence-electron chi connectivity index (χ2n) is 3.48. The largest absolute Gasteiger partial charge is 0.497 e. The van der Waals surface area contributed by atoms with Crippen molar-refractivity contribution in [1.29, 1.82) is 0 Å². The summed E-state index contributed by atoms with van der Waals surface area (Å²) >= 11 is 0. The molecule has 0 saturated heterocycles. The van der Waals surface area contributed by atoms with Crippen LogP contribution in [0.15, 0.2) is 35.3 Å². The van der Waals surface area contributed by atoms with E-state index < -0.39 is 0 Å². The lowest BCUT2D eigenvalue weighted by Gasteiger charge is -2.07. The molecule has 0 atom stereocenters. The normalized spacial score (nSPS) is 10.4. The van der Waals surface area contributed by atoms with Gasteiger partial charge in [-0.25, -0.2) is 4.79 Å². The number of imidazole rings is 1. The molecule has 4 heteroatoms. The lowest BCUT2D eigenvalue weighted by molar-refractivity contribution is 0.414. The first kappa shape index (κ1) is 10.5. The molecule has 1 N–H and O–H groups in total. The summed E-state index contributed by atoms with van der Waals surface area (Å²) in [6.45, 7) is 2.01. The van der Waals surface area contributed by atoms with E-state index in [2.05, 4.69) is 4.98 Å². The standard InChI is InChI=1S/C12H14N2O2/c1-3-9-8-13-12(15)14(9)10-5-4-6-11(7-10)16-2/h4-8H,3H2,1-2H3,(H,13,15). The van der Waals surface area contributed by atoms with Crippen LogP contribution in [0.1, 0.15) is 12.6 Å². The van der Waals surface area contributed by atoms with Crippen LogP contribution in [-0.4, -0.2) is 16.7 Å². The molecule has 0 aliphatic carbocycles. The van der Waals surface area contributed by atoms with Crippen LogP contribution in [0.2, 0.25) is 0 Å². The van der Waals surface area contributed by atoms with Gasteiger partial charge in [-0.15, -0.1) is 0 Å². The minimum absolute atomic E-state index is 0.120. The molecule has 0 amide bonds. The van der Waals surface area contributed by atoms with Crippen LogP contribution in [-0.2, 0) is 6.42 Å². The lowest BCUT2D eigenvalue weighted by Crippen LogP contribution is -2.16. The highest BCUT2D eigenvalue weighted by Gasteiger charge is 2.07. The van der Waals surface area contributed by atoms with Crippen molar-refractivity contribution in [3.05, 3.63) is 46.6 Å². The molecule has 0 bridgehead atoms. The summed E-state index contributed by atoms with van der Waals surface area (Å²) in [5.74, 6) is 0.743. The van der Waals surface area contributed by atoms with E-state index in [1.165, 1.54) is 0 Å². The first-order valence-corrected chi connectivity index (χ1v) is 5.20. The predicted molar refractivity (Wildman–Crippen MR) is 62.3 cm³/mol. The zero-order valence-corrected chi connectivity index (χ0v) is 9.36. The Balaban J connectivity index is 2.57. The van der Waals surface area contributed by atoms with Gasteiger partial charge in [0.15, 0.2) is 0 Å². The van der Waals surface area contributed by atoms with Gasteiger partial charge in [-0.3, -0.25) is 4.57 Å². The van der Waals surface area contributed by atoms with Crippen LogP contribution >= 0.6 is 0 Å². The molecule has 1 heterocycles. The third-order valence-electron chi connectivity index (χ3n) is 2.53. The summed E-state index contributed by atoms with van der Waals surface area (Å²) < 4.78 is 6.80. The maximum absolute atomic E-state index is 11.7. The fourth-order valence-corrected chi connectivity index (χ4v) is 1.70. The fraction of sp³-hybridized carbons (Fsp3) is 0.250. The van der Waals surface area contributed by atoms with E-state index in [0.717, 1.165) is 23.6 Å². The highest BCUT2D eigenvalue weighted by Crippen LogP contribution is 2.16. The molecule has 4 nitrogen and oxygen atoms in total. The summed E-state index contributed by atoms with van der Waals surface area (Å²) in [5.41, 5.74) is 1.66. The highest BCUT2D eigenvalue weighted by molar-refractivity contribution is 5.40. The number of aromatic amines is 1. The minimum Gasteiger partial charge on any atom is -0.497 e. The Hall–Kier alpha value is -1.97. The van der Waals surface area contributed by atoms with Gasteiger partial charge in [0.25, 0.3) is 0 Å². The summed E-state index contributed by atoms with van der Waals surface area (Å²) in [5, 5.41) is 0. The van der Waals surface area contributed by atoms with Gasteiger partial charge in [-0.1, -0.05) is 13.0 Å². The van der Waals surface area contributed by atoms with E-state index in [1.54, 1.807) is 17.9 Å². The number of aryl methyl sites for hydroxylation is 1. The van der Waals surface area contributed by atoms with Gasteiger partial charge >= 0.3 is 5.69 Å². The van der Waals surface area contributed by atoms with Crippen LogP contribution in [0, 0.1) is 0 Å². The Labute approximate surface area is 93.5 Å². The first-order chi connectivity index (χ1) is 7.76. The summed E-state index contributed by atoms with van der Waals surface area (Å²) in [6, 6.07) is 7.45. The molecule has 0 aliphatic heterocycles. The minimum atomic E-state index is -0.120. The molecule has 1 aromatic heterocycles. The third kappa shape index (κ3) is 1.74. The quantitative estimate of drug-likeness (QED) is 0.853. The van der Waals surface area contributed by atoms with Gasteiger partial charge in [0, 0.05) is 18.0 Å². The van der Waals surface area contributed by atoms with Gasteiger partial charge in [0.05, 0.1) is 12.8 Å². The van der Waals surface area contributed by atoms with E-state index in [9.17, 15) is 4.79 Å². The van der Waals surface area contributed by atoms with Crippen LogP contribution in [0.4, 0.5) is 0 Å². The van der Waals surface area contributed by atoms with Gasteiger partial charge in [-0.05, 0) is 18.6 Å². The fourth-order valence-electron chi connectivity index (χ4n) is 1.70. The average molecular weight is 218 g/mol. The highest BCUT2D eigenvalue weighted by atomic mass is 16.5. The van der Waals surface area contributed by atoms with Crippen LogP contribution in [0.3, 0.4) is 0 Å². The van der Waals surface area contributed by atoms with Gasteiger partial charge in [0.2, 0.25) is 0 Å². The molecule has 2 aromatic rings. The maximum Gasteiger partial charge on any atom is 0.330 e.